The number of unbranched alkanes of at least 4 members (excludes halogenated alkanes) is 2. The van der Waals surface area contributed by atoms with Crippen molar-refractivity contribution in [2.24, 2.45) is 0 Å². The van der Waals surface area contributed by atoms with Gasteiger partial charge in [-0.3, -0.25) is 14.9 Å². The monoisotopic (exact) mass is 629 g/mol. The molecule has 0 bridgehead atoms. The van der Waals surface area contributed by atoms with Crippen LogP contribution in [0, 0.1) is 0 Å². The van der Waals surface area contributed by atoms with Crippen molar-refractivity contribution in [2.75, 3.05) is 51.6 Å². The van der Waals surface area contributed by atoms with E-state index in [9.17, 15) is 19.5 Å². The van der Waals surface area contributed by atoms with E-state index in [1.165, 1.54) is 0 Å². The quantitative estimate of drug-likeness (QED) is 0.165. The molecule has 3 aromatic rings. The molecule has 246 valence electrons. The fourth-order valence-electron chi connectivity index (χ4n) is 5.56. The van der Waals surface area contributed by atoms with E-state index in [-0.39, 0.29) is 30.2 Å². The van der Waals surface area contributed by atoms with Gasteiger partial charge in [-0.05, 0) is 68.5 Å². The van der Waals surface area contributed by atoms with Crippen LogP contribution in [0.3, 0.4) is 0 Å². The fourth-order valence-corrected chi connectivity index (χ4v) is 5.56. The SMILES string of the molecule is CNCC(=O)N(CCCCCNC(=O)CCN1CCC(OC(=O)Nc2ccccc2-c2ccccc2)CC1)Cc1ccc(O)cc1. The number of likely N-dealkylation sites (tertiary alicyclic amines) is 1. The zero-order valence-corrected chi connectivity index (χ0v) is 26.7. The molecule has 4 N–H and O–H groups in total. The number of nitrogens with one attached hydrogen (secondary N) is 3. The molecule has 10 nitrogen and oxygen atoms in total. The van der Waals surface area contributed by atoms with Gasteiger partial charge >= 0.3 is 6.09 Å². The summed E-state index contributed by atoms with van der Waals surface area (Å²) < 4.78 is 5.73. The van der Waals surface area contributed by atoms with Gasteiger partial charge in [0.05, 0.1) is 12.2 Å². The maximum atomic E-state index is 12.7. The number of phenols is 1. The Bertz CT molecular complexity index is 1380. The molecule has 3 aromatic carbocycles. The highest BCUT2D eigenvalue weighted by Gasteiger charge is 2.23. The molecular weight excluding hydrogens is 582 g/mol. The highest BCUT2D eigenvalue weighted by molar-refractivity contribution is 5.91. The van der Waals surface area contributed by atoms with Gasteiger partial charge in [-0.25, -0.2) is 4.79 Å². The van der Waals surface area contributed by atoms with Crippen molar-refractivity contribution in [2.45, 2.75) is 51.2 Å². The van der Waals surface area contributed by atoms with E-state index in [2.05, 4.69) is 20.9 Å². The first kappa shape index (κ1) is 34.5. The Kier molecular flexibility index (Phi) is 13.9. The molecule has 3 amide bonds. The predicted molar refractivity (Wildman–Crippen MR) is 180 cm³/mol. The highest BCUT2D eigenvalue weighted by Crippen LogP contribution is 2.28. The number of aromatic hydroxyl groups is 1. The summed E-state index contributed by atoms with van der Waals surface area (Å²) in [5, 5.41) is 18.4. The van der Waals surface area contributed by atoms with Crippen LogP contribution >= 0.6 is 0 Å². The second kappa shape index (κ2) is 18.5. The van der Waals surface area contributed by atoms with Crippen LogP contribution in [0.4, 0.5) is 10.5 Å². The van der Waals surface area contributed by atoms with Gasteiger partial charge in [0.25, 0.3) is 0 Å². The number of ether oxygens (including phenoxy) is 1. The van der Waals surface area contributed by atoms with E-state index in [1.54, 1.807) is 19.2 Å². The largest absolute Gasteiger partial charge is 0.508 e. The zero-order valence-electron chi connectivity index (χ0n) is 26.7. The van der Waals surface area contributed by atoms with Gasteiger partial charge in [-0.15, -0.1) is 0 Å². The number of para-hydroxylation sites is 1. The molecule has 0 unspecified atom stereocenters. The summed E-state index contributed by atoms with van der Waals surface area (Å²) in [6, 6.07) is 24.5. The van der Waals surface area contributed by atoms with Gasteiger partial charge in [-0.2, -0.15) is 0 Å². The molecule has 1 heterocycles. The summed E-state index contributed by atoms with van der Waals surface area (Å²) in [5.41, 5.74) is 3.66. The number of hydrogen-bond acceptors (Lipinski definition) is 7. The Morgan fingerprint density at radius 1 is 0.913 bits per heavy atom. The van der Waals surface area contributed by atoms with Crippen LogP contribution in [-0.4, -0.2) is 85.2 Å². The molecule has 1 fully saturated rings. The minimum Gasteiger partial charge on any atom is -0.508 e. The Morgan fingerprint density at radius 3 is 2.37 bits per heavy atom. The average Bonchev–Trinajstić information content (AvgIpc) is 3.07. The molecule has 1 saturated heterocycles. The van der Waals surface area contributed by atoms with E-state index < -0.39 is 6.09 Å². The van der Waals surface area contributed by atoms with Crippen LogP contribution in [0.15, 0.2) is 78.9 Å². The Morgan fingerprint density at radius 2 is 1.63 bits per heavy atom. The number of hydrogen-bond donors (Lipinski definition) is 4. The number of carbonyl (C=O) groups excluding carboxylic acids is 3. The van der Waals surface area contributed by atoms with E-state index in [0.29, 0.717) is 32.6 Å². The molecule has 4 rings (SSSR count). The number of anilines is 1. The summed E-state index contributed by atoms with van der Waals surface area (Å²) in [5.74, 6) is 0.275. The Labute approximate surface area is 272 Å². The summed E-state index contributed by atoms with van der Waals surface area (Å²) in [6.45, 7) is 4.25. The first-order chi connectivity index (χ1) is 22.4. The standard InChI is InChI=1S/C36H47N5O5/c1-37-26-35(44)41(27-28-14-16-30(42)17-15-28)22-9-3-8-21-38-34(43)20-25-40-23-18-31(19-24-40)46-36(45)39-33-13-7-6-12-32(33)29-10-4-2-5-11-29/h2,4-7,10-17,31,37,42H,3,8-9,18-27H2,1H3,(H,38,43)(H,39,45). The molecular formula is C36H47N5O5. The van der Waals surface area contributed by atoms with Gasteiger partial charge < -0.3 is 30.3 Å². The number of amides is 3. The molecule has 0 spiro atoms. The van der Waals surface area contributed by atoms with Crippen LogP contribution in [0.25, 0.3) is 11.1 Å². The van der Waals surface area contributed by atoms with E-state index >= 15 is 0 Å². The molecule has 10 heteroatoms. The number of nitrogens with zero attached hydrogens (tertiary/aromatic N) is 2. The van der Waals surface area contributed by atoms with Gasteiger partial charge in [0, 0.05) is 51.3 Å². The van der Waals surface area contributed by atoms with Crippen molar-refractivity contribution >= 4 is 23.6 Å². The summed E-state index contributed by atoms with van der Waals surface area (Å²) in [6.07, 6.45) is 3.89. The second-order valence-corrected chi connectivity index (χ2v) is 11.7. The normalized spacial score (nSPS) is 13.6. The van der Waals surface area contributed by atoms with E-state index in [1.807, 2.05) is 71.6 Å². The fraction of sp³-hybridized carbons (Fsp3) is 0.417. The lowest BCUT2D eigenvalue weighted by molar-refractivity contribution is -0.130. The first-order valence-electron chi connectivity index (χ1n) is 16.2. The van der Waals surface area contributed by atoms with E-state index in [4.69, 9.17) is 4.74 Å². The molecule has 0 radical (unpaired) electrons. The third-order valence-electron chi connectivity index (χ3n) is 8.13. The zero-order chi connectivity index (χ0) is 32.6. The summed E-state index contributed by atoms with van der Waals surface area (Å²) >= 11 is 0. The third-order valence-corrected chi connectivity index (χ3v) is 8.13. The smallest absolute Gasteiger partial charge is 0.411 e. The number of carbonyl (C=O) groups is 3. The van der Waals surface area contributed by atoms with Crippen LogP contribution < -0.4 is 16.0 Å². The van der Waals surface area contributed by atoms with Gasteiger partial charge in [0.15, 0.2) is 0 Å². The van der Waals surface area contributed by atoms with Crippen LogP contribution in [0.2, 0.25) is 0 Å². The third kappa shape index (κ3) is 11.5. The molecule has 1 aliphatic rings. The van der Waals surface area contributed by atoms with Crippen molar-refractivity contribution in [3.63, 3.8) is 0 Å². The van der Waals surface area contributed by atoms with Crippen LogP contribution in [-0.2, 0) is 20.9 Å². The molecule has 0 aromatic heterocycles. The van der Waals surface area contributed by atoms with Gasteiger partial charge in [0.2, 0.25) is 11.8 Å². The van der Waals surface area contributed by atoms with Crippen molar-refractivity contribution < 1.29 is 24.2 Å². The van der Waals surface area contributed by atoms with Crippen molar-refractivity contribution in [3.05, 3.63) is 84.4 Å². The topological polar surface area (TPSA) is 123 Å². The molecule has 0 saturated carbocycles. The number of benzene rings is 3. The van der Waals surface area contributed by atoms with Gasteiger partial charge in [0.1, 0.15) is 11.9 Å². The van der Waals surface area contributed by atoms with E-state index in [0.717, 1.165) is 67.6 Å². The summed E-state index contributed by atoms with van der Waals surface area (Å²) in [7, 11) is 1.76. The van der Waals surface area contributed by atoms with Crippen LogP contribution in [0.5, 0.6) is 5.75 Å². The first-order valence-corrected chi connectivity index (χ1v) is 16.2. The maximum absolute atomic E-state index is 12.7. The molecule has 1 aliphatic heterocycles. The van der Waals surface area contributed by atoms with Crippen LogP contribution in [0.1, 0.15) is 44.1 Å². The molecule has 0 atom stereocenters. The minimum atomic E-state index is -0.448. The minimum absolute atomic E-state index is 0.0346. The highest BCUT2D eigenvalue weighted by atomic mass is 16.6. The predicted octanol–water partition coefficient (Wildman–Crippen LogP) is 5.00. The van der Waals surface area contributed by atoms with Crippen molar-refractivity contribution in [1.29, 1.82) is 0 Å². The number of likely N-dealkylation sites (N-methyl/N-ethyl adjacent to an activating group) is 1. The summed E-state index contributed by atoms with van der Waals surface area (Å²) in [4.78, 5) is 41.7. The lowest BCUT2D eigenvalue weighted by atomic mass is 10.0. The molecule has 46 heavy (non-hydrogen) atoms. The maximum Gasteiger partial charge on any atom is 0.411 e. The number of piperidine rings is 1. The Hall–Kier alpha value is -4.41. The van der Waals surface area contributed by atoms with Crippen molar-refractivity contribution in [3.8, 4) is 16.9 Å². The second-order valence-electron chi connectivity index (χ2n) is 11.7. The van der Waals surface area contributed by atoms with Gasteiger partial charge in [-0.1, -0.05) is 60.7 Å². The number of rotatable bonds is 16. The lowest BCUT2D eigenvalue weighted by Gasteiger charge is -2.31. The van der Waals surface area contributed by atoms with Crippen molar-refractivity contribution in [1.82, 2.24) is 20.4 Å². The lowest BCUT2D eigenvalue weighted by Crippen LogP contribution is -2.40. The average molecular weight is 630 g/mol. The molecule has 0 aliphatic carbocycles. The Balaban J connectivity index is 1.07. The number of phenolic OH excluding ortho intramolecular Hbond substituents is 1.